The minimum atomic E-state index is 0.164. The van der Waals surface area contributed by atoms with E-state index in [2.05, 4.69) is 11.8 Å². The monoisotopic (exact) mass is 309 g/mol. The summed E-state index contributed by atoms with van der Waals surface area (Å²) in [6.07, 6.45) is 8.03. The molecule has 120 valence electrons. The van der Waals surface area contributed by atoms with Gasteiger partial charge in [0.05, 0.1) is 0 Å². The zero-order valence-electron chi connectivity index (χ0n) is 14.0. The van der Waals surface area contributed by atoms with E-state index in [0.29, 0.717) is 13.1 Å². The molecule has 0 N–H and O–H groups in total. The van der Waals surface area contributed by atoms with E-state index >= 15 is 0 Å². The van der Waals surface area contributed by atoms with E-state index in [1.807, 2.05) is 72.0 Å². The van der Waals surface area contributed by atoms with Crippen LogP contribution in [0, 0.1) is 0 Å². The van der Waals surface area contributed by atoms with Crippen LogP contribution < -0.4 is 0 Å². The van der Waals surface area contributed by atoms with Crippen LogP contribution in [-0.2, 0) is 18.9 Å². The highest BCUT2D eigenvalue weighted by Gasteiger charge is 2.25. The van der Waals surface area contributed by atoms with Gasteiger partial charge in [-0.05, 0) is 43.0 Å². The van der Waals surface area contributed by atoms with Gasteiger partial charge >= 0.3 is 0 Å². The maximum atomic E-state index is 12.9. The summed E-state index contributed by atoms with van der Waals surface area (Å²) >= 11 is 0. The van der Waals surface area contributed by atoms with Crippen LogP contribution in [0.3, 0.4) is 0 Å². The number of aryl methyl sites for hydroxylation is 2. The summed E-state index contributed by atoms with van der Waals surface area (Å²) in [7, 11) is 4.00. The normalized spacial score (nSPS) is 19.9. The first-order valence-electron chi connectivity index (χ1n) is 7.99. The molecule has 4 nitrogen and oxygen atoms in total. The summed E-state index contributed by atoms with van der Waals surface area (Å²) in [5.74, 6) is 0.164. The molecule has 2 aromatic rings. The smallest absolute Gasteiger partial charge is 0.187 e. The number of rotatable bonds is 3. The Balaban J connectivity index is 1.97. The molecule has 0 unspecified atom stereocenters. The van der Waals surface area contributed by atoms with E-state index in [-0.39, 0.29) is 5.78 Å². The van der Waals surface area contributed by atoms with Gasteiger partial charge in [0.1, 0.15) is 0 Å². The number of carbonyl (C=O) groups excluding carboxylic acids is 1. The fraction of sp³-hybridized carbons (Fsp3) is 0.316. The maximum absolute atomic E-state index is 12.9. The number of piperidine rings is 1. The highest BCUT2D eigenvalue weighted by atomic mass is 16.1. The molecule has 1 aliphatic rings. The third-order valence-corrected chi connectivity index (χ3v) is 4.43. The van der Waals surface area contributed by atoms with Gasteiger partial charge in [0.2, 0.25) is 0 Å². The number of ketones is 1. The Bertz CT molecular complexity index is 714. The lowest BCUT2D eigenvalue weighted by molar-refractivity contribution is -0.113. The lowest BCUT2D eigenvalue weighted by atomic mass is 9.96. The lowest BCUT2D eigenvalue weighted by Crippen LogP contribution is -2.37. The van der Waals surface area contributed by atoms with Crippen LogP contribution in [0.25, 0.3) is 12.2 Å². The number of hydrogen-bond donors (Lipinski definition) is 0. The molecule has 0 amide bonds. The van der Waals surface area contributed by atoms with Gasteiger partial charge in [0.25, 0.3) is 0 Å². The molecule has 0 aromatic carbocycles. The summed E-state index contributed by atoms with van der Waals surface area (Å²) in [5.41, 5.74) is 3.84. The summed E-state index contributed by atoms with van der Waals surface area (Å²) in [5, 5.41) is 0. The SMILES string of the molecule is CCN1CC(=Cc2cccn2C)C(=O)C(=Cc2cccn2C)C1. The van der Waals surface area contributed by atoms with E-state index in [0.717, 1.165) is 29.1 Å². The van der Waals surface area contributed by atoms with E-state index < -0.39 is 0 Å². The predicted octanol–water partition coefficient (Wildman–Crippen LogP) is 2.74. The number of carbonyl (C=O) groups is 1. The van der Waals surface area contributed by atoms with Gasteiger partial charge in [-0.2, -0.15) is 0 Å². The number of likely N-dealkylation sites (tertiary alicyclic amines) is 1. The molecule has 0 aliphatic carbocycles. The highest BCUT2D eigenvalue weighted by molar-refractivity contribution is 6.14. The largest absolute Gasteiger partial charge is 0.351 e. The topological polar surface area (TPSA) is 30.2 Å². The zero-order chi connectivity index (χ0) is 16.4. The van der Waals surface area contributed by atoms with E-state index in [1.54, 1.807) is 0 Å². The molecule has 1 saturated heterocycles. The molecule has 3 heterocycles. The van der Waals surface area contributed by atoms with Gasteiger partial charge in [-0.25, -0.2) is 0 Å². The number of hydrogen-bond acceptors (Lipinski definition) is 2. The van der Waals surface area contributed by atoms with Crippen molar-refractivity contribution in [2.45, 2.75) is 6.92 Å². The van der Waals surface area contributed by atoms with Crippen molar-refractivity contribution in [2.24, 2.45) is 14.1 Å². The maximum Gasteiger partial charge on any atom is 0.187 e. The first-order valence-corrected chi connectivity index (χ1v) is 7.99. The standard InChI is InChI=1S/C19H23N3O/c1-4-22-13-15(11-17-7-5-9-20(17)2)19(23)16(14-22)12-18-8-6-10-21(18)3/h5-12H,4,13-14H2,1-3H3. The Morgan fingerprint density at radius 2 is 1.43 bits per heavy atom. The Hall–Kier alpha value is -2.33. The van der Waals surface area contributed by atoms with Crippen molar-refractivity contribution in [1.29, 1.82) is 0 Å². The zero-order valence-corrected chi connectivity index (χ0v) is 14.0. The fourth-order valence-electron chi connectivity index (χ4n) is 2.94. The molecule has 0 saturated carbocycles. The summed E-state index contributed by atoms with van der Waals surface area (Å²) in [4.78, 5) is 15.2. The Morgan fingerprint density at radius 3 is 1.78 bits per heavy atom. The number of Topliss-reactive ketones (excluding diaryl/α,β-unsaturated/α-hetero) is 1. The van der Waals surface area contributed by atoms with Crippen LogP contribution in [0.15, 0.2) is 47.8 Å². The second-order valence-corrected chi connectivity index (χ2v) is 6.06. The molecule has 1 fully saturated rings. The molecular weight excluding hydrogens is 286 g/mol. The minimum absolute atomic E-state index is 0.164. The molecule has 4 heteroatoms. The minimum Gasteiger partial charge on any atom is -0.351 e. The fourth-order valence-corrected chi connectivity index (χ4v) is 2.94. The summed E-state index contributed by atoms with van der Waals surface area (Å²) in [6, 6.07) is 8.06. The summed E-state index contributed by atoms with van der Waals surface area (Å²) in [6.45, 7) is 4.49. The van der Waals surface area contributed by atoms with Crippen molar-refractivity contribution in [3.05, 3.63) is 59.2 Å². The molecular formula is C19H23N3O. The van der Waals surface area contributed by atoms with Crippen LogP contribution in [0.5, 0.6) is 0 Å². The second kappa shape index (κ2) is 6.42. The van der Waals surface area contributed by atoms with Crippen molar-refractivity contribution in [1.82, 2.24) is 14.0 Å². The van der Waals surface area contributed by atoms with Gasteiger partial charge in [0, 0.05) is 62.1 Å². The molecule has 0 bridgehead atoms. The average Bonchev–Trinajstić information content (AvgIpc) is 3.12. The Morgan fingerprint density at radius 1 is 0.957 bits per heavy atom. The van der Waals surface area contributed by atoms with Gasteiger partial charge in [-0.15, -0.1) is 0 Å². The number of aromatic nitrogens is 2. The van der Waals surface area contributed by atoms with Crippen LogP contribution >= 0.6 is 0 Å². The van der Waals surface area contributed by atoms with E-state index in [4.69, 9.17) is 0 Å². The summed E-state index contributed by atoms with van der Waals surface area (Å²) < 4.78 is 4.07. The predicted molar refractivity (Wildman–Crippen MR) is 93.9 cm³/mol. The second-order valence-electron chi connectivity index (χ2n) is 6.06. The van der Waals surface area contributed by atoms with Gasteiger partial charge in [-0.1, -0.05) is 6.92 Å². The lowest BCUT2D eigenvalue weighted by Gasteiger charge is -2.28. The van der Waals surface area contributed by atoms with E-state index in [1.165, 1.54) is 0 Å². The third kappa shape index (κ3) is 3.22. The Kier molecular flexibility index (Phi) is 4.35. The molecule has 23 heavy (non-hydrogen) atoms. The molecule has 2 aromatic heterocycles. The first kappa shape index (κ1) is 15.6. The van der Waals surface area contributed by atoms with Crippen molar-refractivity contribution in [3.8, 4) is 0 Å². The average molecular weight is 309 g/mol. The van der Waals surface area contributed by atoms with Gasteiger partial charge < -0.3 is 9.13 Å². The highest BCUT2D eigenvalue weighted by Crippen LogP contribution is 2.22. The van der Waals surface area contributed by atoms with Crippen molar-refractivity contribution in [3.63, 3.8) is 0 Å². The number of likely N-dealkylation sites (N-methyl/N-ethyl adjacent to an activating group) is 1. The first-order chi connectivity index (χ1) is 11.1. The van der Waals surface area contributed by atoms with Crippen LogP contribution in [-0.4, -0.2) is 39.5 Å². The van der Waals surface area contributed by atoms with Crippen LogP contribution in [0.2, 0.25) is 0 Å². The number of nitrogens with zero attached hydrogens (tertiary/aromatic N) is 3. The molecule has 0 atom stereocenters. The molecule has 0 radical (unpaired) electrons. The van der Waals surface area contributed by atoms with Gasteiger partial charge in [0.15, 0.2) is 5.78 Å². The molecule has 0 spiro atoms. The quantitative estimate of drug-likeness (QED) is 0.816. The molecule has 3 rings (SSSR count). The third-order valence-electron chi connectivity index (χ3n) is 4.43. The van der Waals surface area contributed by atoms with E-state index in [9.17, 15) is 4.79 Å². The van der Waals surface area contributed by atoms with Crippen molar-refractivity contribution < 1.29 is 4.79 Å². The van der Waals surface area contributed by atoms with Crippen LogP contribution in [0.1, 0.15) is 18.3 Å². The van der Waals surface area contributed by atoms with Crippen molar-refractivity contribution >= 4 is 17.9 Å². The van der Waals surface area contributed by atoms with Crippen molar-refractivity contribution in [2.75, 3.05) is 19.6 Å². The van der Waals surface area contributed by atoms with Crippen LogP contribution in [0.4, 0.5) is 0 Å². The molecule has 1 aliphatic heterocycles. The Labute approximate surface area is 137 Å². The van der Waals surface area contributed by atoms with Gasteiger partial charge in [-0.3, -0.25) is 9.69 Å².